The third-order valence-corrected chi connectivity index (χ3v) is 3.98. The highest BCUT2D eigenvalue weighted by Crippen LogP contribution is 2.33. The fourth-order valence-corrected chi connectivity index (χ4v) is 2.79. The monoisotopic (exact) mass is 304 g/mol. The molecule has 1 aromatic carbocycles. The van der Waals surface area contributed by atoms with Crippen LogP contribution in [0.1, 0.15) is 17.1 Å². The minimum Gasteiger partial charge on any atom is -0.378 e. The van der Waals surface area contributed by atoms with E-state index in [1.54, 1.807) is 6.07 Å². The standard InChI is InChI=1S/C14H13FN4OS/c1-8-12(14(16-2)21-19-8)13-17-11(18-20-13)7-9-4-3-5-10(15)6-9/h3-6,16H,7H2,1-2H3. The van der Waals surface area contributed by atoms with E-state index in [9.17, 15) is 4.39 Å². The molecule has 0 spiro atoms. The average Bonchev–Trinajstić information content (AvgIpc) is 3.05. The SMILES string of the molecule is CNc1snc(C)c1-c1nc(Cc2cccc(F)c2)no1. The number of hydrogen-bond donors (Lipinski definition) is 1. The molecule has 21 heavy (non-hydrogen) atoms. The predicted molar refractivity (Wildman–Crippen MR) is 78.9 cm³/mol. The highest BCUT2D eigenvalue weighted by atomic mass is 32.1. The lowest BCUT2D eigenvalue weighted by molar-refractivity contribution is 0.424. The highest BCUT2D eigenvalue weighted by Gasteiger charge is 2.18. The molecule has 0 aliphatic heterocycles. The summed E-state index contributed by atoms with van der Waals surface area (Å²) < 4.78 is 22.7. The highest BCUT2D eigenvalue weighted by molar-refractivity contribution is 7.10. The summed E-state index contributed by atoms with van der Waals surface area (Å²) in [5, 5.41) is 7.90. The van der Waals surface area contributed by atoms with Crippen LogP contribution in [0.15, 0.2) is 28.8 Å². The second-order valence-corrected chi connectivity index (χ2v) is 5.32. The number of halogens is 1. The third-order valence-electron chi connectivity index (χ3n) is 3.02. The number of anilines is 1. The summed E-state index contributed by atoms with van der Waals surface area (Å²) in [6, 6.07) is 6.37. The zero-order valence-corrected chi connectivity index (χ0v) is 12.4. The van der Waals surface area contributed by atoms with Gasteiger partial charge in [-0.05, 0) is 36.2 Å². The molecule has 108 valence electrons. The Morgan fingerprint density at radius 2 is 2.24 bits per heavy atom. The lowest BCUT2D eigenvalue weighted by Crippen LogP contribution is -1.92. The molecule has 0 fully saturated rings. The zero-order chi connectivity index (χ0) is 14.8. The Kier molecular flexibility index (Phi) is 3.66. The van der Waals surface area contributed by atoms with E-state index in [1.165, 1.54) is 23.7 Å². The van der Waals surface area contributed by atoms with Crippen LogP contribution in [0, 0.1) is 12.7 Å². The van der Waals surface area contributed by atoms with E-state index < -0.39 is 0 Å². The zero-order valence-electron chi connectivity index (χ0n) is 11.6. The van der Waals surface area contributed by atoms with Gasteiger partial charge in [-0.3, -0.25) is 0 Å². The molecular formula is C14H13FN4OS. The fourth-order valence-electron chi connectivity index (χ4n) is 2.05. The minimum atomic E-state index is -0.272. The van der Waals surface area contributed by atoms with Gasteiger partial charge >= 0.3 is 0 Å². The van der Waals surface area contributed by atoms with Gasteiger partial charge in [-0.2, -0.15) is 9.36 Å². The van der Waals surface area contributed by atoms with Crippen molar-refractivity contribution in [2.75, 3.05) is 12.4 Å². The van der Waals surface area contributed by atoms with Crippen molar-refractivity contribution in [2.24, 2.45) is 0 Å². The molecule has 0 atom stereocenters. The first kappa shape index (κ1) is 13.7. The summed E-state index contributed by atoms with van der Waals surface area (Å²) in [5.74, 6) is 0.673. The molecule has 0 saturated heterocycles. The summed E-state index contributed by atoms with van der Waals surface area (Å²) in [5.41, 5.74) is 2.46. The van der Waals surface area contributed by atoms with Gasteiger partial charge in [-0.25, -0.2) is 4.39 Å². The Hall–Kier alpha value is -2.28. The minimum absolute atomic E-state index is 0.272. The molecule has 2 heterocycles. The van der Waals surface area contributed by atoms with E-state index in [0.29, 0.717) is 18.1 Å². The molecule has 7 heteroatoms. The van der Waals surface area contributed by atoms with E-state index >= 15 is 0 Å². The number of rotatable bonds is 4. The van der Waals surface area contributed by atoms with Crippen LogP contribution in [0.5, 0.6) is 0 Å². The summed E-state index contributed by atoms with van der Waals surface area (Å²) >= 11 is 1.35. The molecule has 0 bridgehead atoms. The fraction of sp³-hybridized carbons (Fsp3) is 0.214. The van der Waals surface area contributed by atoms with Crippen molar-refractivity contribution in [1.82, 2.24) is 14.5 Å². The Labute approximate surface area is 125 Å². The van der Waals surface area contributed by atoms with E-state index in [1.807, 2.05) is 20.0 Å². The van der Waals surface area contributed by atoms with Gasteiger partial charge in [0.25, 0.3) is 5.89 Å². The Morgan fingerprint density at radius 1 is 1.38 bits per heavy atom. The van der Waals surface area contributed by atoms with E-state index in [4.69, 9.17) is 4.52 Å². The summed E-state index contributed by atoms with van der Waals surface area (Å²) in [6.07, 6.45) is 0.423. The Morgan fingerprint density at radius 3 is 3.00 bits per heavy atom. The summed E-state index contributed by atoms with van der Waals surface area (Å²) in [4.78, 5) is 4.37. The first-order valence-electron chi connectivity index (χ1n) is 6.39. The molecular weight excluding hydrogens is 291 g/mol. The smallest absolute Gasteiger partial charge is 0.262 e. The van der Waals surface area contributed by atoms with Crippen molar-refractivity contribution in [3.63, 3.8) is 0 Å². The van der Waals surface area contributed by atoms with Crippen LogP contribution < -0.4 is 5.32 Å². The van der Waals surface area contributed by atoms with Crippen LogP contribution in [0.2, 0.25) is 0 Å². The topological polar surface area (TPSA) is 63.8 Å². The number of nitrogens with zero attached hydrogens (tertiary/aromatic N) is 3. The van der Waals surface area contributed by atoms with Gasteiger partial charge in [0.2, 0.25) is 0 Å². The van der Waals surface area contributed by atoms with Gasteiger partial charge in [0, 0.05) is 13.5 Å². The summed E-state index contributed by atoms with van der Waals surface area (Å²) in [6.45, 7) is 1.89. The quantitative estimate of drug-likeness (QED) is 0.801. The predicted octanol–water partition coefficient (Wildman–Crippen LogP) is 3.27. The largest absolute Gasteiger partial charge is 0.378 e. The summed E-state index contributed by atoms with van der Waals surface area (Å²) in [7, 11) is 1.82. The van der Waals surface area contributed by atoms with Crippen molar-refractivity contribution >= 4 is 16.5 Å². The molecule has 0 aliphatic rings. The molecule has 0 aliphatic carbocycles. The Balaban J connectivity index is 1.88. The van der Waals surface area contributed by atoms with Crippen LogP contribution in [0.25, 0.3) is 11.5 Å². The van der Waals surface area contributed by atoms with E-state index in [2.05, 4.69) is 19.8 Å². The number of hydrogen-bond acceptors (Lipinski definition) is 6. The normalized spacial score (nSPS) is 10.8. The molecule has 3 aromatic rings. The van der Waals surface area contributed by atoms with Crippen LogP contribution in [0.3, 0.4) is 0 Å². The van der Waals surface area contributed by atoms with Crippen molar-refractivity contribution in [3.8, 4) is 11.5 Å². The van der Waals surface area contributed by atoms with E-state index in [-0.39, 0.29) is 5.82 Å². The molecule has 0 unspecified atom stereocenters. The van der Waals surface area contributed by atoms with Crippen LogP contribution in [-0.2, 0) is 6.42 Å². The van der Waals surface area contributed by atoms with Gasteiger partial charge in [0.15, 0.2) is 5.82 Å². The number of benzene rings is 1. The third kappa shape index (κ3) is 2.78. The molecule has 2 aromatic heterocycles. The van der Waals surface area contributed by atoms with Crippen molar-refractivity contribution in [3.05, 3.63) is 47.2 Å². The van der Waals surface area contributed by atoms with Crippen molar-refractivity contribution < 1.29 is 8.91 Å². The maximum absolute atomic E-state index is 13.2. The van der Waals surface area contributed by atoms with Gasteiger partial charge in [0.1, 0.15) is 10.8 Å². The molecule has 3 rings (SSSR count). The number of nitrogens with one attached hydrogen (secondary N) is 1. The van der Waals surface area contributed by atoms with Gasteiger partial charge in [-0.15, -0.1) is 0 Å². The van der Waals surface area contributed by atoms with Gasteiger partial charge in [0.05, 0.1) is 11.3 Å². The van der Waals surface area contributed by atoms with Crippen LogP contribution in [-0.4, -0.2) is 21.6 Å². The van der Waals surface area contributed by atoms with E-state index in [0.717, 1.165) is 21.8 Å². The van der Waals surface area contributed by atoms with Crippen molar-refractivity contribution in [1.29, 1.82) is 0 Å². The van der Waals surface area contributed by atoms with Crippen LogP contribution in [0.4, 0.5) is 9.39 Å². The number of aromatic nitrogens is 3. The first-order chi connectivity index (χ1) is 10.2. The van der Waals surface area contributed by atoms with Crippen LogP contribution >= 0.6 is 11.5 Å². The molecule has 1 N–H and O–H groups in total. The maximum Gasteiger partial charge on any atom is 0.262 e. The second kappa shape index (κ2) is 5.61. The lowest BCUT2D eigenvalue weighted by Gasteiger charge is -1.97. The second-order valence-electron chi connectivity index (χ2n) is 4.54. The average molecular weight is 304 g/mol. The van der Waals surface area contributed by atoms with Crippen molar-refractivity contribution in [2.45, 2.75) is 13.3 Å². The first-order valence-corrected chi connectivity index (χ1v) is 7.16. The molecule has 5 nitrogen and oxygen atoms in total. The molecule has 0 saturated carbocycles. The molecule has 0 amide bonds. The molecule has 0 radical (unpaired) electrons. The number of aryl methyl sites for hydroxylation is 1. The maximum atomic E-state index is 13.2. The van der Waals surface area contributed by atoms with Gasteiger partial charge in [-0.1, -0.05) is 17.3 Å². The Bertz CT molecular complexity index is 768. The lowest BCUT2D eigenvalue weighted by atomic mass is 10.1. The van der Waals surface area contributed by atoms with Gasteiger partial charge < -0.3 is 9.84 Å².